The first kappa shape index (κ1) is 17.4. The lowest BCUT2D eigenvalue weighted by Crippen LogP contribution is -2.28. The lowest BCUT2D eigenvalue weighted by Gasteiger charge is -2.16. The van der Waals surface area contributed by atoms with Crippen molar-refractivity contribution in [3.8, 4) is 22.6 Å². The van der Waals surface area contributed by atoms with Crippen LogP contribution in [0, 0.1) is 0 Å². The van der Waals surface area contributed by atoms with Gasteiger partial charge in [0.25, 0.3) is 0 Å². The minimum Gasteiger partial charge on any atom is -0.454 e. The molecule has 0 bridgehead atoms. The summed E-state index contributed by atoms with van der Waals surface area (Å²) in [5.74, 6) is 1.86. The Hall–Kier alpha value is -3.75. The monoisotopic (exact) mass is 392 g/mol. The molecule has 0 radical (unpaired) electrons. The number of hydrogen-bond acceptors (Lipinski definition) is 6. The van der Waals surface area contributed by atoms with E-state index < -0.39 is 0 Å². The Balaban J connectivity index is 1.59. The van der Waals surface area contributed by atoms with Crippen LogP contribution in [0.5, 0.6) is 11.5 Å². The molecule has 0 fully saturated rings. The van der Waals surface area contributed by atoms with Crippen LogP contribution in [0.25, 0.3) is 22.2 Å². The first-order valence-corrected chi connectivity index (χ1v) is 9.50. The summed E-state index contributed by atoms with van der Waals surface area (Å²) in [6.45, 7) is 3.42. The first-order valence-electron chi connectivity index (χ1n) is 9.50. The van der Waals surface area contributed by atoms with Crippen LogP contribution in [-0.2, 0) is 0 Å². The largest absolute Gasteiger partial charge is 0.454 e. The highest BCUT2D eigenvalue weighted by molar-refractivity contribution is 5.97. The second-order valence-corrected chi connectivity index (χ2v) is 6.74. The highest BCUT2D eigenvalue weighted by Gasteiger charge is 2.20. The van der Waals surface area contributed by atoms with Crippen LogP contribution in [0.3, 0.4) is 0 Å². The molecule has 0 spiro atoms. The number of amides is 2. The summed E-state index contributed by atoms with van der Waals surface area (Å²) in [6, 6.07) is 9.62. The number of aromatic nitrogens is 2. The molecule has 0 atom stereocenters. The molecule has 2 aromatic carbocycles. The lowest BCUT2D eigenvalue weighted by atomic mass is 10.0. The minimum atomic E-state index is -0.303. The van der Waals surface area contributed by atoms with Crippen molar-refractivity contribution in [2.24, 2.45) is 5.10 Å². The number of urea groups is 1. The number of anilines is 2. The van der Waals surface area contributed by atoms with E-state index in [0.29, 0.717) is 12.5 Å². The van der Waals surface area contributed by atoms with Gasteiger partial charge in [0.15, 0.2) is 11.5 Å². The predicted molar refractivity (Wildman–Crippen MR) is 111 cm³/mol. The lowest BCUT2D eigenvalue weighted by molar-refractivity contribution is 0.174. The average Bonchev–Trinajstić information content (AvgIpc) is 3.46. The highest BCUT2D eigenvalue weighted by atomic mass is 16.7. The number of benzene rings is 2. The van der Waals surface area contributed by atoms with Crippen LogP contribution in [0.2, 0.25) is 0 Å². The Morgan fingerprint density at radius 2 is 2.10 bits per heavy atom. The van der Waals surface area contributed by atoms with Crippen LogP contribution in [0.15, 0.2) is 35.4 Å². The molecular weight excluding hydrogens is 372 g/mol. The summed E-state index contributed by atoms with van der Waals surface area (Å²) in [5.41, 5.74) is 4.42. The van der Waals surface area contributed by atoms with Crippen LogP contribution in [0.4, 0.5) is 16.4 Å². The number of ether oxygens (including phenoxy) is 2. The fraction of sp³-hybridized carbons (Fsp3) is 0.250. The van der Waals surface area contributed by atoms with Gasteiger partial charge in [0.05, 0.1) is 11.2 Å². The van der Waals surface area contributed by atoms with Gasteiger partial charge in [-0.1, -0.05) is 6.07 Å². The first-order chi connectivity index (χ1) is 14.2. The van der Waals surface area contributed by atoms with Gasteiger partial charge in [-0.25, -0.2) is 9.78 Å². The number of carbonyl (C=O) groups is 1. The summed E-state index contributed by atoms with van der Waals surface area (Å²) >= 11 is 0. The van der Waals surface area contributed by atoms with E-state index in [0.717, 1.165) is 52.3 Å². The van der Waals surface area contributed by atoms with Crippen LogP contribution in [-0.4, -0.2) is 42.1 Å². The Morgan fingerprint density at radius 3 is 2.93 bits per heavy atom. The van der Waals surface area contributed by atoms with E-state index in [4.69, 9.17) is 9.47 Å². The molecule has 0 saturated heterocycles. The van der Waals surface area contributed by atoms with Gasteiger partial charge in [-0.2, -0.15) is 5.10 Å². The van der Waals surface area contributed by atoms with Crippen molar-refractivity contribution in [3.63, 3.8) is 0 Å². The number of hydrogen-bond donors (Lipinski definition) is 3. The average molecular weight is 392 g/mol. The normalized spacial score (nSPS) is 14.6. The molecular formula is C20H20N6O3. The van der Waals surface area contributed by atoms with Gasteiger partial charge in [-0.3, -0.25) is 10.3 Å². The van der Waals surface area contributed by atoms with Crippen molar-refractivity contribution < 1.29 is 14.3 Å². The van der Waals surface area contributed by atoms with Crippen molar-refractivity contribution in [1.82, 2.24) is 15.3 Å². The van der Waals surface area contributed by atoms with Crippen LogP contribution in [0.1, 0.15) is 13.3 Å². The molecule has 0 unspecified atom stereocenters. The maximum Gasteiger partial charge on any atom is 0.321 e. The fourth-order valence-corrected chi connectivity index (χ4v) is 3.49. The van der Waals surface area contributed by atoms with E-state index >= 15 is 0 Å². The van der Waals surface area contributed by atoms with Crippen molar-refractivity contribution in [1.29, 1.82) is 0 Å². The molecule has 3 aromatic rings. The van der Waals surface area contributed by atoms with Crippen LogP contribution >= 0.6 is 0 Å². The molecule has 3 heterocycles. The summed E-state index contributed by atoms with van der Waals surface area (Å²) in [4.78, 5) is 19.7. The van der Waals surface area contributed by atoms with Gasteiger partial charge < -0.3 is 19.8 Å². The molecule has 1 aromatic heterocycles. The summed E-state index contributed by atoms with van der Waals surface area (Å²) in [7, 11) is 0. The van der Waals surface area contributed by atoms with E-state index in [2.05, 4.69) is 31.8 Å². The molecule has 148 valence electrons. The third-order valence-corrected chi connectivity index (χ3v) is 4.81. The number of imidazole rings is 1. The molecule has 9 nitrogen and oxygen atoms in total. The quantitative estimate of drug-likeness (QED) is 0.632. The van der Waals surface area contributed by atoms with Crippen molar-refractivity contribution in [2.45, 2.75) is 13.3 Å². The predicted octanol–water partition coefficient (Wildman–Crippen LogP) is 3.30. The van der Waals surface area contributed by atoms with E-state index in [1.54, 1.807) is 0 Å². The van der Waals surface area contributed by atoms with Gasteiger partial charge in [0.2, 0.25) is 12.7 Å². The number of H-pyrrole nitrogens is 1. The van der Waals surface area contributed by atoms with Gasteiger partial charge >= 0.3 is 6.03 Å². The van der Waals surface area contributed by atoms with E-state index in [9.17, 15) is 4.79 Å². The Morgan fingerprint density at radius 1 is 1.21 bits per heavy atom. The summed E-state index contributed by atoms with van der Waals surface area (Å²) in [6.07, 6.45) is 2.77. The van der Waals surface area contributed by atoms with Crippen molar-refractivity contribution in [3.05, 3.63) is 30.3 Å². The van der Waals surface area contributed by atoms with Crippen molar-refractivity contribution >= 4 is 34.9 Å². The number of nitrogens with one attached hydrogen (secondary N) is 3. The standard InChI is InChI=1S/C20H20N6O3/c1-2-21-20(27)25-19-23-14-8-13(12-4-5-16-17(10-12)29-11-28-16)9-15(18(14)24-19)26-7-3-6-22-26/h4-6,8-10H,2-3,7,11H2,1H3,(H3,21,23,24,25,27). The molecule has 2 aliphatic rings. The topological polar surface area (TPSA) is 104 Å². The highest BCUT2D eigenvalue weighted by Crippen LogP contribution is 2.39. The molecule has 2 aliphatic heterocycles. The van der Waals surface area contributed by atoms with Gasteiger partial charge in [0.1, 0.15) is 5.52 Å². The number of hydrazone groups is 1. The second kappa shape index (κ2) is 7.01. The SMILES string of the molecule is CCNC(=O)Nc1nc2c(N3CCC=N3)cc(-c3ccc4c(c3)OCO4)cc2[nH]1. The van der Waals surface area contributed by atoms with Crippen molar-refractivity contribution in [2.75, 3.05) is 30.2 Å². The molecule has 9 heteroatoms. The Labute approximate surface area is 166 Å². The van der Waals surface area contributed by atoms with Gasteiger partial charge in [-0.15, -0.1) is 0 Å². The smallest absolute Gasteiger partial charge is 0.321 e. The molecule has 3 N–H and O–H groups in total. The van der Waals surface area contributed by atoms with Crippen LogP contribution < -0.4 is 25.1 Å². The number of carbonyl (C=O) groups excluding carboxylic acids is 1. The zero-order valence-electron chi connectivity index (χ0n) is 15.9. The second-order valence-electron chi connectivity index (χ2n) is 6.74. The number of nitrogens with zero attached hydrogens (tertiary/aromatic N) is 3. The number of rotatable bonds is 4. The summed E-state index contributed by atoms with van der Waals surface area (Å²) in [5, 5.41) is 11.8. The Kier molecular flexibility index (Phi) is 4.19. The molecule has 5 rings (SSSR count). The Bertz CT molecular complexity index is 1120. The third kappa shape index (κ3) is 3.20. The third-order valence-electron chi connectivity index (χ3n) is 4.81. The molecule has 2 amide bonds. The maximum absolute atomic E-state index is 11.9. The fourth-order valence-electron chi connectivity index (χ4n) is 3.49. The molecule has 0 saturated carbocycles. The molecule has 29 heavy (non-hydrogen) atoms. The number of fused-ring (bicyclic) bond motifs is 2. The van der Waals surface area contributed by atoms with E-state index in [-0.39, 0.29) is 12.8 Å². The zero-order chi connectivity index (χ0) is 19.8. The summed E-state index contributed by atoms with van der Waals surface area (Å²) < 4.78 is 10.9. The van der Waals surface area contributed by atoms with E-state index in [1.165, 1.54) is 0 Å². The van der Waals surface area contributed by atoms with E-state index in [1.807, 2.05) is 42.4 Å². The van der Waals surface area contributed by atoms with Gasteiger partial charge in [-0.05, 0) is 42.3 Å². The van der Waals surface area contributed by atoms with Gasteiger partial charge in [0, 0.05) is 25.7 Å². The zero-order valence-corrected chi connectivity index (χ0v) is 15.9. The number of aromatic amines is 1. The molecule has 0 aliphatic carbocycles. The minimum absolute atomic E-state index is 0.237. The maximum atomic E-state index is 11.9.